The number of thioether (sulfide) groups is 1. The van der Waals surface area contributed by atoms with Crippen molar-refractivity contribution in [1.29, 1.82) is 0 Å². The number of ether oxygens (including phenoxy) is 2. The molecule has 144 valence electrons. The van der Waals surface area contributed by atoms with E-state index in [2.05, 4.69) is 10.3 Å². The van der Waals surface area contributed by atoms with Crippen LogP contribution in [0.25, 0.3) is 0 Å². The monoisotopic (exact) mass is 388 g/mol. The third-order valence-electron chi connectivity index (χ3n) is 5.27. The van der Waals surface area contributed by atoms with Crippen LogP contribution < -0.4 is 14.8 Å². The lowest BCUT2D eigenvalue weighted by Gasteiger charge is -2.32. The van der Waals surface area contributed by atoms with Crippen LogP contribution in [-0.4, -0.2) is 29.9 Å². The Morgan fingerprint density at radius 1 is 1.19 bits per heavy atom. The molecule has 2 aliphatic rings. The molecular weight excluding hydrogens is 364 g/mol. The van der Waals surface area contributed by atoms with Crippen molar-refractivity contribution in [3.8, 4) is 11.5 Å². The molecule has 0 saturated heterocycles. The lowest BCUT2D eigenvalue weighted by Crippen LogP contribution is -2.44. The number of aromatic nitrogens is 1. The summed E-state index contributed by atoms with van der Waals surface area (Å²) < 4.78 is 16.9. The highest BCUT2D eigenvalue weighted by atomic mass is 32.2. The van der Waals surface area contributed by atoms with Gasteiger partial charge in [0.05, 0.1) is 17.0 Å². The molecule has 7 heteroatoms. The van der Waals surface area contributed by atoms with Crippen molar-refractivity contribution in [2.24, 2.45) is 0 Å². The summed E-state index contributed by atoms with van der Waals surface area (Å²) in [6.45, 7) is 4.91. The number of hydrogen-bond donors (Lipinski definition) is 1. The Morgan fingerprint density at radius 2 is 1.93 bits per heavy atom. The molecule has 4 rings (SSSR count). The topological polar surface area (TPSA) is 73.6 Å². The van der Waals surface area contributed by atoms with Crippen LogP contribution in [0.15, 0.2) is 27.8 Å². The van der Waals surface area contributed by atoms with Crippen molar-refractivity contribution < 1.29 is 18.7 Å². The number of nitrogens with one attached hydrogen (secondary N) is 1. The van der Waals surface area contributed by atoms with Crippen molar-refractivity contribution in [2.75, 3.05) is 19.0 Å². The van der Waals surface area contributed by atoms with Gasteiger partial charge in [-0.3, -0.25) is 4.79 Å². The van der Waals surface area contributed by atoms with E-state index < -0.39 is 0 Å². The number of aryl methyl sites for hydroxylation is 2. The summed E-state index contributed by atoms with van der Waals surface area (Å²) in [5.74, 6) is 2.60. The van der Waals surface area contributed by atoms with Crippen LogP contribution in [0.4, 0.5) is 0 Å². The summed E-state index contributed by atoms with van der Waals surface area (Å²) in [6.07, 6.45) is 4.06. The van der Waals surface area contributed by atoms with E-state index in [1.54, 1.807) is 0 Å². The molecule has 1 fully saturated rings. The van der Waals surface area contributed by atoms with E-state index >= 15 is 0 Å². The molecular formula is C20H24N2O4S. The molecule has 2 aromatic rings. The molecule has 0 unspecified atom stereocenters. The zero-order valence-electron chi connectivity index (χ0n) is 15.7. The summed E-state index contributed by atoms with van der Waals surface area (Å²) in [5, 5.41) is 3.82. The van der Waals surface area contributed by atoms with Crippen molar-refractivity contribution in [2.45, 2.75) is 50.3 Å². The van der Waals surface area contributed by atoms with Gasteiger partial charge in [-0.2, -0.15) is 0 Å². The SMILES string of the molecule is Cc1nc(SCC(=O)NC2(c3ccc4c(c3)OCCO4)CCCC2)oc1C. The molecule has 1 N–H and O–H groups in total. The first-order valence-corrected chi connectivity index (χ1v) is 10.3. The Morgan fingerprint density at radius 3 is 2.63 bits per heavy atom. The zero-order chi connectivity index (χ0) is 18.9. The Hall–Kier alpha value is -2.15. The molecule has 0 spiro atoms. The first-order chi connectivity index (χ1) is 13.1. The van der Waals surface area contributed by atoms with Gasteiger partial charge in [0.1, 0.15) is 19.0 Å². The second-order valence-electron chi connectivity index (χ2n) is 7.11. The number of carbonyl (C=O) groups excluding carboxylic acids is 1. The quantitative estimate of drug-likeness (QED) is 0.787. The van der Waals surface area contributed by atoms with E-state index in [0.29, 0.717) is 18.4 Å². The highest BCUT2D eigenvalue weighted by molar-refractivity contribution is 7.99. The van der Waals surface area contributed by atoms with Gasteiger partial charge in [0.25, 0.3) is 5.22 Å². The molecule has 1 aromatic carbocycles. The number of nitrogens with zero attached hydrogens (tertiary/aromatic N) is 1. The lowest BCUT2D eigenvalue weighted by atomic mass is 9.87. The molecule has 2 heterocycles. The standard InChI is InChI=1S/C20H24N2O4S/c1-13-14(2)26-19(21-13)27-12-18(23)22-20(7-3-4-8-20)15-5-6-16-17(11-15)25-10-9-24-16/h5-6,11H,3-4,7-10,12H2,1-2H3,(H,22,23). The van der Waals surface area contributed by atoms with Gasteiger partial charge in [-0.25, -0.2) is 4.98 Å². The van der Waals surface area contributed by atoms with Crippen molar-refractivity contribution >= 4 is 17.7 Å². The van der Waals surface area contributed by atoms with Gasteiger partial charge in [-0.15, -0.1) is 0 Å². The van der Waals surface area contributed by atoms with Gasteiger partial charge in [0.2, 0.25) is 5.91 Å². The lowest BCUT2D eigenvalue weighted by molar-refractivity contribution is -0.120. The zero-order valence-corrected chi connectivity index (χ0v) is 16.5. The average Bonchev–Trinajstić information content (AvgIpc) is 3.27. The minimum atomic E-state index is -0.337. The second kappa shape index (κ2) is 7.46. The van der Waals surface area contributed by atoms with E-state index in [1.807, 2.05) is 32.0 Å². The van der Waals surface area contributed by atoms with Crippen molar-refractivity contribution in [3.05, 3.63) is 35.2 Å². The van der Waals surface area contributed by atoms with E-state index in [-0.39, 0.29) is 17.2 Å². The van der Waals surface area contributed by atoms with Crippen LogP contribution in [0, 0.1) is 13.8 Å². The van der Waals surface area contributed by atoms with Gasteiger partial charge in [-0.1, -0.05) is 30.7 Å². The second-order valence-corrected chi connectivity index (χ2v) is 8.03. The molecule has 27 heavy (non-hydrogen) atoms. The summed E-state index contributed by atoms with van der Waals surface area (Å²) in [6, 6.07) is 6.02. The van der Waals surface area contributed by atoms with E-state index in [9.17, 15) is 4.79 Å². The highest BCUT2D eigenvalue weighted by Gasteiger charge is 2.37. The maximum Gasteiger partial charge on any atom is 0.256 e. The van der Waals surface area contributed by atoms with Crippen LogP contribution in [0.2, 0.25) is 0 Å². The summed E-state index contributed by atoms with van der Waals surface area (Å²) in [5.41, 5.74) is 1.61. The van der Waals surface area contributed by atoms with Crippen molar-refractivity contribution in [1.82, 2.24) is 10.3 Å². The smallest absolute Gasteiger partial charge is 0.256 e. The summed E-state index contributed by atoms with van der Waals surface area (Å²) in [7, 11) is 0. The first kappa shape index (κ1) is 18.2. The largest absolute Gasteiger partial charge is 0.486 e. The molecule has 1 saturated carbocycles. The van der Waals surface area contributed by atoms with Gasteiger partial charge in [0.15, 0.2) is 11.5 Å². The molecule has 1 aliphatic carbocycles. The van der Waals surface area contributed by atoms with Gasteiger partial charge >= 0.3 is 0 Å². The highest BCUT2D eigenvalue weighted by Crippen LogP contribution is 2.42. The number of oxazole rings is 1. The molecule has 0 atom stereocenters. The number of rotatable bonds is 5. The predicted octanol–water partition coefficient (Wildman–Crippen LogP) is 3.74. The molecule has 1 aromatic heterocycles. The Labute approximate surface area is 163 Å². The fraction of sp³-hybridized carbons (Fsp3) is 0.500. The minimum Gasteiger partial charge on any atom is -0.486 e. The number of benzene rings is 1. The minimum absolute atomic E-state index is 0.00899. The molecule has 0 radical (unpaired) electrons. The maximum absolute atomic E-state index is 12.7. The number of carbonyl (C=O) groups is 1. The van der Waals surface area contributed by atoms with Crippen LogP contribution in [0.3, 0.4) is 0 Å². The Bertz CT molecular complexity index is 823. The fourth-order valence-corrected chi connectivity index (χ4v) is 4.45. The third kappa shape index (κ3) is 3.78. The Balaban J connectivity index is 1.47. The molecule has 1 aliphatic heterocycles. The normalized spacial score (nSPS) is 17.7. The number of hydrogen-bond acceptors (Lipinski definition) is 6. The third-order valence-corrected chi connectivity index (χ3v) is 6.09. The molecule has 6 nitrogen and oxygen atoms in total. The summed E-state index contributed by atoms with van der Waals surface area (Å²) >= 11 is 1.33. The molecule has 1 amide bonds. The first-order valence-electron chi connectivity index (χ1n) is 9.34. The van der Waals surface area contributed by atoms with Crippen LogP contribution in [-0.2, 0) is 10.3 Å². The van der Waals surface area contributed by atoms with Crippen LogP contribution in [0.1, 0.15) is 42.7 Å². The van der Waals surface area contributed by atoms with E-state index in [0.717, 1.165) is 54.2 Å². The van der Waals surface area contributed by atoms with Crippen LogP contribution >= 0.6 is 11.8 Å². The predicted molar refractivity (Wildman–Crippen MR) is 102 cm³/mol. The number of amides is 1. The van der Waals surface area contributed by atoms with E-state index in [4.69, 9.17) is 13.9 Å². The average molecular weight is 388 g/mol. The fourth-order valence-electron chi connectivity index (χ4n) is 3.74. The number of fused-ring (bicyclic) bond motifs is 1. The van der Waals surface area contributed by atoms with Crippen LogP contribution in [0.5, 0.6) is 11.5 Å². The van der Waals surface area contributed by atoms with Crippen molar-refractivity contribution in [3.63, 3.8) is 0 Å². The van der Waals surface area contributed by atoms with E-state index in [1.165, 1.54) is 11.8 Å². The maximum atomic E-state index is 12.7. The Kier molecular flexibility index (Phi) is 5.04. The van der Waals surface area contributed by atoms with Gasteiger partial charge in [-0.05, 0) is 44.4 Å². The van der Waals surface area contributed by atoms with Gasteiger partial charge in [0, 0.05) is 0 Å². The van der Waals surface area contributed by atoms with Gasteiger partial charge < -0.3 is 19.2 Å². The molecule has 0 bridgehead atoms. The summed E-state index contributed by atoms with van der Waals surface area (Å²) in [4.78, 5) is 17.0.